The quantitative estimate of drug-likeness (QED) is 0.862. The molecule has 1 fully saturated rings. The summed E-state index contributed by atoms with van der Waals surface area (Å²) in [6.07, 6.45) is 6.32. The molecule has 102 valence electrons. The van der Waals surface area contributed by atoms with Gasteiger partial charge in [0.25, 0.3) is 0 Å². The highest BCUT2D eigenvalue weighted by Gasteiger charge is 2.23. The first-order valence-electron chi connectivity index (χ1n) is 7.05. The molecule has 0 aromatic carbocycles. The number of aryl methyl sites for hydroxylation is 1. The van der Waals surface area contributed by atoms with Crippen molar-refractivity contribution in [2.24, 2.45) is 5.92 Å². The molecule has 0 amide bonds. The van der Waals surface area contributed by atoms with Gasteiger partial charge < -0.3 is 5.32 Å². The second kappa shape index (κ2) is 5.11. The number of hydrogen-bond donors (Lipinski definition) is 1. The largest absolute Gasteiger partial charge is 0.365 e. The van der Waals surface area contributed by atoms with Crippen molar-refractivity contribution in [1.82, 2.24) is 25.0 Å². The molecule has 0 unspecified atom stereocenters. The summed E-state index contributed by atoms with van der Waals surface area (Å²) in [7, 11) is 0. The van der Waals surface area contributed by atoms with Crippen molar-refractivity contribution in [2.45, 2.75) is 52.1 Å². The Morgan fingerprint density at radius 2 is 2.21 bits per heavy atom. The highest BCUT2D eigenvalue weighted by molar-refractivity contribution is 5.82. The van der Waals surface area contributed by atoms with Crippen molar-refractivity contribution in [3.8, 4) is 0 Å². The maximum Gasteiger partial charge on any atom is 0.183 e. The van der Waals surface area contributed by atoms with Gasteiger partial charge in [0.15, 0.2) is 17.0 Å². The fourth-order valence-electron chi connectivity index (χ4n) is 2.12. The van der Waals surface area contributed by atoms with Crippen LogP contribution in [-0.4, -0.2) is 31.0 Å². The standard InChI is InChI=1S/C13H20N6/c1-9(2)4-3-7-19-13-11(17-18-19)12(14-8-15-13)16-10-5-6-10/h8-10H,3-7H2,1-2H3,(H,14,15,16). The van der Waals surface area contributed by atoms with Crippen LogP contribution >= 0.6 is 0 Å². The Morgan fingerprint density at radius 1 is 1.37 bits per heavy atom. The second-order valence-corrected chi connectivity index (χ2v) is 5.66. The molecule has 0 aliphatic heterocycles. The summed E-state index contributed by atoms with van der Waals surface area (Å²) in [4.78, 5) is 8.58. The monoisotopic (exact) mass is 260 g/mol. The summed E-state index contributed by atoms with van der Waals surface area (Å²) in [5.41, 5.74) is 1.63. The molecule has 1 N–H and O–H groups in total. The van der Waals surface area contributed by atoms with Gasteiger partial charge in [-0.25, -0.2) is 14.6 Å². The Hall–Kier alpha value is -1.72. The number of nitrogens with one attached hydrogen (secondary N) is 1. The van der Waals surface area contributed by atoms with E-state index in [9.17, 15) is 0 Å². The molecule has 0 atom stereocenters. The van der Waals surface area contributed by atoms with Crippen LogP contribution < -0.4 is 5.32 Å². The lowest BCUT2D eigenvalue weighted by molar-refractivity contribution is 0.488. The van der Waals surface area contributed by atoms with E-state index in [0.717, 1.165) is 35.9 Å². The minimum Gasteiger partial charge on any atom is -0.365 e. The van der Waals surface area contributed by atoms with Gasteiger partial charge >= 0.3 is 0 Å². The van der Waals surface area contributed by atoms with E-state index in [0.29, 0.717) is 6.04 Å². The van der Waals surface area contributed by atoms with Crippen LogP contribution in [0.3, 0.4) is 0 Å². The maximum atomic E-state index is 4.31. The zero-order valence-corrected chi connectivity index (χ0v) is 11.5. The number of nitrogens with zero attached hydrogens (tertiary/aromatic N) is 5. The molecule has 6 heteroatoms. The van der Waals surface area contributed by atoms with Crippen molar-refractivity contribution in [2.75, 3.05) is 5.32 Å². The zero-order valence-electron chi connectivity index (χ0n) is 11.5. The molecule has 2 heterocycles. The molecule has 1 aliphatic carbocycles. The van der Waals surface area contributed by atoms with Gasteiger partial charge in [0.05, 0.1) is 0 Å². The second-order valence-electron chi connectivity index (χ2n) is 5.66. The SMILES string of the molecule is CC(C)CCCn1nnc2c(NC3CC3)ncnc21. The molecule has 2 aromatic heterocycles. The van der Waals surface area contributed by atoms with Crippen LogP contribution in [0, 0.1) is 5.92 Å². The first-order valence-corrected chi connectivity index (χ1v) is 7.05. The Labute approximate surface area is 112 Å². The summed E-state index contributed by atoms with van der Waals surface area (Å²) < 4.78 is 1.89. The van der Waals surface area contributed by atoms with E-state index in [-0.39, 0.29) is 0 Å². The number of rotatable bonds is 6. The van der Waals surface area contributed by atoms with Crippen molar-refractivity contribution in [1.29, 1.82) is 0 Å². The molecule has 0 bridgehead atoms. The fraction of sp³-hybridized carbons (Fsp3) is 0.692. The van der Waals surface area contributed by atoms with Gasteiger partial charge in [0.1, 0.15) is 6.33 Å². The molecule has 0 spiro atoms. The average Bonchev–Trinajstić information content (AvgIpc) is 3.09. The Bertz CT molecular complexity index is 557. The van der Waals surface area contributed by atoms with Crippen LogP contribution in [0.15, 0.2) is 6.33 Å². The summed E-state index contributed by atoms with van der Waals surface area (Å²) in [5.74, 6) is 1.54. The zero-order chi connectivity index (χ0) is 13.2. The lowest BCUT2D eigenvalue weighted by Gasteiger charge is -2.05. The van der Waals surface area contributed by atoms with Crippen LogP contribution in [-0.2, 0) is 6.54 Å². The number of hydrogen-bond acceptors (Lipinski definition) is 5. The van der Waals surface area contributed by atoms with Crippen LogP contribution in [0.25, 0.3) is 11.2 Å². The smallest absolute Gasteiger partial charge is 0.183 e. The van der Waals surface area contributed by atoms with Gasteiger partial charge in [0.2, 0.25) is 0 Å². The minimum absolute atomic E-state index is 0.559. The van der Waals surface area contributed by atoms with Gasteiger partial charge in [-0.15, -0.1) is 5.10 Å². The molecule has 0 saturated heterocycles. The summed E-state index contributed by atoms with van der Waals surface area (Å²) in [5, 5.41) is 11.8. The molecular formula is C13H20N6. The predicted molar refractivity (Wildman–Crippen MR) is 73.8 cm³/mol. The normalized spacial score (nSPS) is 15.3. The molecule has 19 heavy (non-hydrogen) atoms. The molecule has 0 radical (unpaired) electrons. The summed E-state index contributed by atoms with van der Waals surface area (Å²) in [6, 6.07) is 0.559. The number of fused-ring (bicyclic) bond motifs is 1. The third-order valence-electron chi connectivity index (χ3n) is 3.37. The Kier molecular flexibility index (Phi) is 3.31. The van der Waals surface area contributed by atoms with Crippen LogP contribution in [0.2, 0.25) is 0 Å². The van der Waals surface area contributed by atoms with Gasteiger partial charge in [-0.05, 0) is 31.6 Å². The van der Waals surface area contributed by atoms with E-state index in [2.05, 4.69) is 39.4 Å². The third-order valence-corrected chi connectivity index (χ3v) is 3.37. The molecular weight excluding hydrogens is 240 g/mol. The van der Waals surface area contributed by atoms with E-state index in [1.807, 2.05) is 4.68 Å². The summed E-state index contributed by atoms with van der Waals surface area (Å²) >= 11 is 0. The van der Waals surface area contributed by atoms with Crippen molar-refractivity contribution in [3.63, 3.8) is 0 Å². The summed E-state index contributed by atoms with van der Waals surface area (Å²) in [6.45, 7) is 5.34. The Morgan fingerprint density at radius 3 is 2.95 bits per heavy atom. The van der Waals surface area contributed by atoms with Gasteiger partial charge in [-0.2, -0.15) is 0 Å². The highest BCUT2D eigenvalue weighted by atomic mass is 15.4. The lowest BCUT2D eigenvalue weighted by Crippen LogP contribution is -2.05. The van der Waals surface area contributed by atoms with E-state index in [1.54, 1.807) is 6.33 Å². The third kappa shape index (κ3) is 2.83. The first kappa shape index (κ1) is 12.3. The van der Waals surface area contributed by atoms with E-state index in [4.69, 9.17) is 0 Å². The molecule has 1 saturated carbocycles. The van der Waals surface area contributed by atoms with E-state index >= 15 is 0 Å². The van der Waals surface area contributed by atoms with Gasteiger partial charge in [0, 0.05) is 12.6 Å². The van der Waals surface area contributed by atoms with Crippen molar-refractivity contribution < 1.29 is 0 Å². The maximum absolute atomic E-state index is 4.31. The van der Waals surface area contributed by atoms with Crippen LogP contribution in [0.5, 0.6) is 0 Å². The molecule has 3 rings (SSSR count). The number of aromatic nitrogens is 5. The Balaban J connectivity index is 1.78. The fourth-order valence-corrected chi connectivity index (χ4v) is 2.12. The predicted octanol–water partition coefficient (Wildman–Crippen LogP) is 2.23. The highest BCUT2D eigenvalue weighted by Crippen LogP contribution is 2.26. The van der Waals surface area contributed by atoms with Gasteiger partial charge in [-0.3, -0.25) is 0 Å². The molecule has 6 nitrogen and oxygen atoms in total. The average molecular weight is 260 g/mol. The first-order chi connectivity index (χ1) is 9.24. The minimum atomic E-state index is 0.559. The van der Waals surface area contributed by atoms with Crippen LogP contribution in [0.4, 0.5) is 5.82 Å². The van der Waals surface area contributed by atoms with Crippen molar-refractivity contribution >= 4 is 17.0 Å². The lowest BCUT2D eigenvalue weighted by atomic mass is 10.1. The topological polar surface area (TPSA) is 68.5 Å². The van der Waals surface area contributed by atoms with Crippen LogP contribution in [0.1, 0.15) is 39.5 Å². The number of anilines is 1. The molecule has 2 aromatic rings. The molecule has 1 aliphatic rings. The van der Waals surface area contributed by atoms with E-state index in [1.165, 1.54) is 19.3 Å². The van der Waals surface area contributed by atoms with E-state index < -0.39 is 0 Å². The van der Waals surface area contributed by atoms with Crippen molar-refractivity contribution in [3.05, 3.63) is 6.33 Å². The van der Waals surface area contributed by atoms with Gasteiger partial charge in [-0.1, -0.05) is 19.1 Å².